The van der Waals surface area contributed by atoms with E-state index in [4.69, 9.17) is 4.74 Å². The van der Waals surface area contributed by atoms with E-state index < -0.39 is 46.0 Å². The van der Waals surface area contributed by atoms with Gasteiger partial charge in [-0.15, -0.1) is 0 Å². The van der Waals surface area contributed by atoms with Crippen LogP contribution in [0.1, 0.15) is 27.2 Å². The van der Waals surface area contributed by atoms with Crippen molar-refractivity contribution in [1.82, 2.24) is 15.3 Å². The van der Waals surface area contributed by atoms with Crippen LogP contribution in [0.2, 0.25) is 0 Å². The zero-order valence-electron chi connectivity index (χ0n) is 13.3. The number of hydroxylamine groups is 2. The molecule has 24 heavy (non-hydrogen) atoms. The van der Waals surface area contributed by atoms with E-state index in [1.807, 2.05) is 0 Å². The van der Waals surface area contributed by atoms with Crippen molar-refractivity contribution in [2.24, 2.45) is 0 Å². The van der Waals surface area contributed by atoms with Crippen LogP contribution >= 0.6 is 0 Å². The fourth-order valence-electron chi connectivity index (χ4n) is 2.49. The van der Waals surface area contributed by atoms with Gasteiger partial charge in [-0.2, -0.15) is 9.35 Å². The van der Waals surface area contributed by atoms with E-state index in [0.717, 1.165) is 0 Å². The molecule has 0 aromatic rings. The number of ether oxygens (including phenoxy) is 1. The number of rotatable bonds is 4. The average molecular weight is 364 g/mol. The second kappa shape index (κ2) is 6.18. The van der Waals surface area contributed by atoms with Crippen LogP contribution in [0.15, 0.2) is 0 Å². The highest BCUT2D eigenvalue weighted by molar-refractivity contribution is 7.80. The highest BCUT2D eigenvalue weighted by Gasteiger charge is 2.51. The molecule has 0 aliphatic carbocycles. The summed E-state index contributed by atoms with van der Waals surface area (Å²) in [5, 5.41) is 2.73. The molecule has 1 N–H and O–H groups in total. The fourth-order valence-corrected chi connectivity index (χ4v) is 2.86. The van der Waals surface area contributed by atoms with Crippen LogP contribution in [0.5, 0.6) is 0 Å². The van der Waals surface area contributed by atoms with Crippen molar-refractivity contribution >= 4 is 28.3 Å². The summed E-state index contributed by atoms with van der Waals surface area (Å²) in [5.74, 6) is -0.461. The minimum Gasteiger partial charge on any atom is -0.724 e. The molecule has 0 unspecified atom stereocenters. The van der Waals surface area contributed by atoms with E-state index in [2.05, 4.69) is 9.60 Å². The van der Waals surface area contributed by atoms with Gasteiger partial charge in [0, 0.05) is 13.0 Å². The predicted octanol–water partition coefficient (Wildman–Crippen LogP) is -0.649. The number of nitrogens with one attached hydrogen (secondary N) is 1. The second-order valence-electron chi connectivity index (χ2n) is 6.47. The van der Waals surface area contributed by atoms with E-state index >= 15 is 0 Å². The fraction of sp³-hybridized carbons (Fsp3) is 0.750. The molecule has 2 aliphatic heterocycles. The third kappa shape index (κ3) is 4.33. The maximum atomic E-state index is 12.1. The van der Waals surface area contributed by atoms with Crippen LogP contribution in [0.25, 0.3) is 0 Å². The van der Waals surface area contributed by atoms with Crippen LogP contribution in [-0.4, -0.2) is 71.6 Å². The van der Waals surface area contributed by atoms with E-state index in [1.165, 1.54) is 4.90 Å². The molecular weight excluding hydrogens is 346 g/mol. The molecule has 0 radical (unpaired) electrons. The van der Waals surface area contributed by atoms with Crippen molar-refractivity contribution in [3.63, 3.8) is 0 Å². The Morgan fingerprint density at radius 1 is 1.38 bits per heavy atom. The minimum absolute atomic E-state index is 0.0585. The summed E-state index contributed by atoms with van der Waals surface area (Å²) in [7, 11) is -5.18. The van der Waals surface area contributed by atoms with Crippen molar-refractivity contribution < 1.29 is 36.4 Å². The number of hydrogen-bond acceptors (Lipinski definition) is 8. The molecule has 0 saturated carbocycles. The number of carbonyl (C=O) groups is 3. The number of Topliss-reactive ketones (excluding diaryl/α,β-unsaturated/α-hetero) is 1. The third-order valence-corrected chi connectivity index (χ3v) is 3.73. The van der Waals surface area contributed by atoms with Crippen molar-refractivity contribution in [1.29, 1.82) is 0 Å². The molecule has 12 heteroatoms. The van der Waals surface area contributed by atoms with Gasteiger partial charge in [0.05, 0.1) is 12.6 Å². The molecular formula is C12H18N3O8S-. The summed E-state index contributed by atoms with van der Waals surface area (Å²) in [5.41, 5.74) is -0.700. The Bertz CT molecular complexity index is 656. The summed E-state index contributed by atoms with van der Waals surface area (Å²) in [4.78, 5) is 37.0. The number of ketones is 1. The van der Waals surface area contributed by atoms with Gasteiger partial charge in [0.1, 0.15) is 11.6 Å². The number of fused-ring (bicyclic) bond motifs is 2. The van der Waals surface area contributed by atoms with Crippen LogP contribution < -0.4 is 5.32 Å². The topological polar surface area (TPSA) is 145 Å². The number of alkyl carbamates (subject to hydrolysis) is 1. The first kappa shape index (κ1) is 18.4. The number of nitrogens with zero attached hydrogens (tertiary/aromatic N) is 2. The first-order chi connectivity index (χ1) is 10.9. The zero-order valence-corrected chi connectivity index (χ0v) is 14.2. The van der Waals surface area contributed by atoms with Crippen molar-refractivity contribution in [2.45, 2.75) is 44.9 Å². The summed E-state index contributed by atoms with van der Waals surface area (Å²) in [6.07, 6.45) is -0.815. The lowest BCUT2D eigenvalue weighted by molar-refractivity contribution is -0.131. The van der Waals surface area contributed by atoms with E-state index in [0.29, 0.717) is 0 Å². The predicted molar refractivity (Wildman–Crippen MR) is 76.2 cm³/mol. The van der Waals surface area contributed by atoms with Crippen molar-refractivity contribution in [3.8, 4) is 0 Å². The largest absolute Gasteiger partial charge is 0.724 e. The number of hydrogen-bond donors (Lipinski definition) is 1. The Morgan fingerprint density at radius 3 is 2.54 bits per heavy atom. The summed E-state index contributed by atoms with van der Waals surface area (Å²) in [6.45, 7) is 4.88. The van der Waals surface area contributed by atoms with Crippen LogP contribution in [0.4, 0.5) is 9.59 Å². The SMILES string of the molecule is CC(C)(C)OC(=O)NC[C@@H]1CC(=O)[C@@H]2CN1C(=O)N2OS(=O)(=O)[O-]. The molecule has 0 aromatic carbocycles. The van der Waals surface area contributed by atoms with Gasteiger partial charge in [-0.1, -0.05) is 0 Å². The van der Waals surface area contributed by atoms with E-state index in [-0.39, 0.29) is 24.6 Å². The van der Waals surface area contributed by atoms with Crippen LogP contribution in [-0.2, 0) is 24.2 Å². The smallest absolute Gasteiger partial charge is 0.407 e. The van der Waals surface area contributed by atoms with Crippen molar-refractivity contribution in [2.75, 3.05) is 13.1 Å². The number of amides is 3. The number of carbonyl (C=O) groups excluding carboxylic acids is 3. The second-order valence-corrected chi connectivity index (χ2v) is 7.43. The Balaban J connectivity index is 2.02. The Morgan fingerprint density at radius 2 is 2.00 bits per heavy atom. The van der Waals surface area contributed by atoms with Gasteiger partial charge < -0.3 is 19.5 Å². The maximum absolute atomic E-state index is 12.1. The van der Waals surface area contributed by atoms with Crippen molar-refractivity contribution in [3.05, 3.63) is 0 Å². The standard InChI is InChI=1S/C12H19N3O8S/c1-12(2,3)22-10(17)13-5-7-4-9(16)8-6-14(7)11(18)15(8)23-24(19,20)21/h7-8H,4-6H2,1-3H3,(H,13,17)(H,19,20,21)/p-1/t7-,8-/m0/s1. The summed E-state index contributed by atoms with van der Waals surface area (Å²) < 4.78 is 41.2. The molecule has 0 spiro atoms. The van der Waals surface area contributed by atoms with Gasteiger partial charge in [-0.3, -0.25) is 4.79 Å². The molecule has 2 atom stereocenters. The van der Waals surface area contributed by atoms with Crippen LogP contribution in [0, 0.1) is 0 Å². The molecule has 11 nitrogen and oxygen atoms in total. The highest BCUT2D eigenvalue weighted by atomic mass is 32.3. The van der Waals surface area contributed by atoms with Crippen LogP contribution in [0.3, 0.4) is 0 Å². The molecule has 0 aromatic heterocycles. The van der Waals surface area contributed by atoms with Gasteiger partial charge in [-0.05, 0) is 20.8 Å². The van der Waals surface area contributed by atoms with Gasteiger partial charge in [-0.25, -0.2) is 18.0 Å². The minimum atomic E-state index is -5.18. The molecule has 2 heterocycles. The number of piperidine rings is 1. The molecule has 2 aliphatic rings. The normalized spacial score (nSPS) is 24.3. The average Bonchev–Trinajstić information content (AvgIpc) is 2.65. The first-order valence-electron chi connectivity index (χ1n) is 7.12. The third-order valence-electron chi connectivity index (χ3n) is 3.39. The highest BCUT2D eigenvalue weighted by Crippen LogP contribution is 2.28. The Kier molecular flexibility index (Phi) is 4.74. The van der Waals surface area contributed by atoms with Gasteiger partial charge in [0.2, 0.25) is 10.4 Å². The lowest BCUT2D eigenvalue weighted by atomic mass is 9.99. The zero-order chi connectivity index (χ0) is 18.3. The molecule has 2 rings (SSSR count). The van der Waals surface area contributed by atoms with Gasteiger partial charge in [0.25, 0.3) is 0 Å². The Labute approximate surface area is 138 Å². The number of urea groups is 1. The monoisotopic (exact) mass is 364 g/mol. The van der Waals surface area contributed by atoms with E-state index in [9.17, 15) is 27.4 Å². The first-order valence-corrected chi connectivity index (χ1v) is 8.45. The van der Waals surface area contributed by atoms with Gasteiger partial charge in [0.15, 0.2) is 5.78 Å². The molecule has 3 amide bonds. The quantitative estimate of drug-likeness (QED) is 0.511. The van der Waals surface area contributed by atoms with E-state index in [1.54, 1.807) is 20.8 Å². The maximum Gasteiger partial charge on any atom is 0.407 e. The summed E-state index contributed by atoms with van der Waals surface area (Å²) in [6, 6.07) is -2.75. The lowest BCUT2D eigenvalue weighted by Gasteiger charge is -2.30. The molecule has 2 bridgehead atoms. The van der Waals surface area contributed by atoms with Gasteiger partial charge >= 0.3 is 12.1 Å². The Hall–Kier alpha value is -1.92. The molecule has 2 saturated heterocycles. The molecule has 136 valence electrons. The molecule has 2 fully saturated rings. The summed E-state index contributed by atoms with van der Waals surface area (Å²) >= 11 is 0. The lowest BCUT2D eigenvalue weighted by Crippen LogP contribution is -2.50.